The molecule has 0 rings (SSSR count). The second-order valence-electron chi connectivity index (χ2n) is 3.23. The summed E-state index contributed by atoms with van der Waals surface area (Å²) in [7, 11) is 0. The van der Waals surface area contributed by atoms with Crippen LogP contribution in [0.2, 0.25) is 0 Å². The predicted molar refractivity (Wildman–Crippen MR) is 60.3 cm³/mol. The quantitative estimate of drug-likeness (QED) is 0.119. The maximum Gasteiger partial charge on any atom is 0.251 e. The van der Waals surface area contributed by atoms with Crippen LogP contribution in [0, 0.1) is 10.1 Å². The SMILES string of the molecule is CC(O)C(CCCN=C(N)N[N+](=O)[O-])NCl. The molecule has 0 aromatic rings. The third kappa shape index (κ3) is 7.21. The lowest BCUT2D eigenvalue weighted by atomic mass is 10.1. The van der Waals surface area contributed by atoms with E-state index < -0.39 is 11.1 Å². The molecule has 0 aliphatic rings. The number of nitrogens with two attached hydrogens (primary N) is 1. The summed E-state index contributed by atoms with van der Waals surface area (Å²) in [5.74, 6) is -0.238. The molecule has 0 aliphatic carbocycles. The number of aliphatic hydroxyl groups is 1. The summed E-state index contributed by atoms with van der Waals surface area (Å²) in [6.45, 7) is 1.94. The van der Waals surface area contributed by atoms with E-state index in [0.29, 0.717) is 19.4 Å². The highest BCUT2D eigenvalue weighted by atomic mass is 35.5. The number of aliphatic imine (C=N–C) groups is 1. The largest absolute Gasteiger partial charge is 0.392 e. The first-order chi connectivity index (χ1) is 7.47. The van der Waals surface area contributed by atoms with Crippen LogP contribution in [0.5, 0.6) is 0 Å². The summed E-state index contributed by atoms with van der Waals surface area (Å²) in [4.78, 5) is 16.1. The maximum atomic E-state index is 9.96. The second kappa shape index (κ2) is 8.08. The first kappa shape index (κ1) is 14.9. The van der Waals surface area contributed by atoms with Gasteiger partial charge in [-0.2, -0.15) is 0 Å². The van der Waals surface area contributed by atoms with Gasteiger partial charge in [0.05, 0.1) is 6.10 Å². The molecule has 0 amide bonds. The normalized spacial score (nSPS) is 15.6. The molecule has 2 atom stereocenters. The van der Waals surface area contributed by atoms with Gasteiger partial charge >= 0.3 is 0 Å². The molecule has 0 aromatic carbocycles. The van der Waals surface area contributed by atoms with Crippen molar-refractivity contribution in [2.75, 3.05) is 6.54 Å². The number of aliphatic hydroxyl groups excluding tert-OH is 1. The molecule has 94 valence electrons. The molecule has 0 saturated carbocycles. The minimum absolute atomic E-state index is 0.235. The van der Waals surface area contributed by atoms with Gasteiger partial charge < -0.3 is 10.8 Å². The zero-order valence-corrected chi connectivity index (χ0v) is 9.65. The van der Waals surface area contributed by atoms with Gasteiger partial charge in [0.2, 0.25) is 0 Å². The molecule has 5 N–H and O–H groups in total. The Morgan fingerprint density at radius 1 is 1.75 bits per heavy atom. The zero-order chi connectivity index (χ0) is 12.6. The molecule has 8 nitrogen and oxygen atoms in total. The summed E-state index contributed by atoms with van der Waals surface area (Å²) in [6, 6.07) is -0.235. The third-order valence-corrected chi connectivity index (χ3v) is 2.16. The van der Waals surface area contributed by atoms with Gasteiger partial charge in [-0.3, -0.25) is 0 Å². The van der Waals surface area contributed by atoms with E-state index in [1.807, 2.05) is 0 Å². The fraction of sp³-hybridized carbons (Fsp3) is 0.857. The summed E-state index contributed by atoms with van der Waals surface area (Å²) in [6.07, 6.45) is 0.627. The Kier molecular flexibility index (Phi) is 7.52. The molecule has 0 radical (unpaired) electrons. The second-order valence-corrected chi connectivity index (χ2v) is 3.45. The zero-order valence-electron chi connectivity index (χ0n) is 8.89. The van der Waals surface area contributed by atoms with Crippen molar-refractivity contribution >= 4 is 17.7 Å². The van der Waals surface area contributed by atoms with Crippen LogP contribution in [0.4, 0.5) is 0 Å². The molecular weight excluding hydrogens is 238 g/mol. The third-order valence-electron chi connectivity index (χ3n) is 1.88. The first-order valence-corrected chi connectivity index (χ1v) is 5.10. The van der Waals surface area contributed by atoms with Gasteiger partial charge in [0.15, 0.2) is 5.03 Å². The smallest absolute Gasteiger partial charge is 0.251 e. The monoisotopic (exact) mass is 253 g/mol. The number of nitrogens with one attached hydrogen (secondary N) is 2. The van der Waals surface area contributed by atoms with Crippen molar-refractivity contribution in [2.45, 2.75) is 31.9 Å². The van der Waals surface area contributed by atoms with E-state index in [1.165, 1.54) is 0 Å². The van der Waals surface area contributed by atoms with Crippen LogP contribution in [-0.4, -0.2) is 34.8 Å². The number of halogens is 1. The summed E-state index contributed by atoms with van der Waals surface area (Å²) >= 11 is 5.40. The minimum atomic E-state index is -0.780. The maximum absolute atomic E-state index is 9.96. The molecule has 0 bridgehead atoms. The van der Waals surface area contributed by atoms with Crippen molar-refractivity contribution in [3.8, 4) is 0 Å². The molecule has 16 heavy (non-hydrogen) atoms. The molecular formula is C7H16ClN5O3. The van der Waals surface area contributed by atoms with Crippen LogP contribution in [0.1, 0.15) is 19.8 Å². The average Bonchev–Trinajstić information content (AvgIpc) is 2.16. The van der Waals surface area contributed by atoms with E-state index in [-0.39, 0.29) is 12.0 Å². The summed E-state index contributed by atoms with van der Waals surface area (Å²) in [5.41, 5.74) is 6.92. The van der Waals surface area contributed by atoms with Crippen LogP contribution >= 0.6 is 11.8 Å². The number of nitro groups is 1. The molecule has 9 heteroatoms. The Morgan fingerprint density at radius 3 is 2.81 bits per heavy atom. The molecule has 0 aliphatic heterocycles. The van der Waals surface area contributed by atoms with Gasteiger partial charge in [0, 0.05) is 12.6 Å². The Labute approximate surface area is 98.1 Å². The van der Waals surface area contributed by atoms with Crippen LogP contribution < -0.4 is 16.0 Å². The van der Waals surface area contributed by atoms with Gasteiger partial charge in [-0.1, -0.05) is 5.43 Å². The lowest BCUT2D eigenvalue weighted by molar-refractivity contribution is -0.525. The van der Waals surface area contributed by atoms with E-state index in [4.69, 9.17) is 17.5 Å². The molecule has 0 heterocycles. The van der Waals surface area contributed by atoms with Crippen molar-refractivity contribution in [3.63, 3.8) is 0 Å². The topological polar surface area (TPSA) is 126 Å². The standard InChI is InChI=1S/C7H16ClN5O3/c1-5(14)6(11-8)3-2-4-10-7(9)12-13(15)16/h5-6,11,14H,2-4H2,1H3,(H3,9,10,12). The first-order valence-electron chi connectivity index (χ1n) is 4.72. The van der Waals surface area contributed by atoms with Crippen molar-refractivity contribution in [3.05, 3.63) is 10.1 Å². The highest BCUT2D eigenvalue weighted by Gasteiger charge is 2.12. The van der Waals surface area contributed by atoms with Crippen molar-refractivity contribution in [1.29, 1.82) is 0 Å². The number of rotatable bonds is 7. The van der Waals surface area contributed by atoms with Crippen molar-refractivity contribution in [2.24, 2.45) is 10.7 Å². The Bertz CT molecular complexity index is 248. The molecule has 0 aromatic heterocycles. The number of nitrogens with zero attached hydrogens (tertiary/aromatic N) is 2. The van der Waals surface area contributed by atoms with Crippen LogP contribution in [0.3, 0.4) is 0 Å². The van der Waals surface area contributed by atoms with E-state index >= 15 is 0 Å². The van der Waals surface area contributed by atoms with Gasteiger partial charge in [-0.15, -0.1) is 0 Å². The van der Waals surface area contributed by atoms with E-state index in [9.17, 15) is 15.2 Å². The van der Waals surface area contributed by atoms with E-state index in [2.05, 4.69) is 9.83 Å². The fourth-order valence-electron chi connectivity index (χ4n) is 1.03. The molecule has 0 saturated heterocycles. The lowest BCUT2D eigenvalue weighted by Crippen LogP contribution is -2.36. The predicted octanol–water partition coefficient (Wildman–Crippen LogP) is -0.645. The molecule has 0 spiro atoms. The number of hydrogen-bond acceptors (Lipinski definition) is 5. The Balaban J connectivity index is 3.77. The van der Waals surface area contributed by atoms with Crippen LogP contribution in [0.25, 0.3) is 0 Å². The van der Waals surface area contributed by atoms with Gasteiger partial charge in [0.1, 0.15) is 0 Å². The number of hydrazine groups is 1. The Hall–Kier alpha value is -1.12. The average molecular weight is 254 g/mol. The minimum Gasteiger partial charge on any atom is -0.392 e. The molecule has 0 fully saturated rings. The molecule has 2 unspecified atom stereocenters. The fourth-order valence-corrected chi connectivity index (χ4v) is 1.32. The van der Waals surface area contributed by atoms with Gasteiger partial charge in [-0.25, -0.2) is 19.9 Å². The van der Waals surface area contributed by atoms with Crippen molar-refractivity contribution < 1.29 is 10.1 Å². The number of hydrogen-bond donors (Lipinski definition) is 4. The Morgan fingerprint density at radius 2 is 2.38 bits per heavy atom. The van der Waals surface area contributed by atoms with E-state index in [0.717, 1.165) is 0 Å². The highest BCUT2D eigenvalue weighted by Crippen LogP contribution is 2.03. The van der Waals surface area contributed by atoms with Gasteiger partial charge in [0.25, 0.3) is 5.96 Å². The van der Waals surface area contributed by atoms with Crippen LogP contribution in [-0.2, 0) is 0 Å². The number of guanidine groups is 1. The van der Waals surface area contributed by atoms with E-state index in [1.54, 1.807) is 12.3 Å². The summed E-state index contributed by atoms with van der Waals surface area (Å²) < 4.78 is 0. The van der Waals surface area contributed by atoms with Crippen LogP contribution in [0.15, 0.2) is 4.99 Å². The lowest BCUT2D eigenvalue weighted by Gasteiger charge is -2.16. The highest BCUT2D eigenvalue weighted by molar-refractivity contribution is 6.13. The van der Waals surface area contributed by atoms with Gasteiger partial charge in [-0.05, 0) is 31.5 Å². The summed E-state index contributed by atoms with van der Waals surface area (Å²) in [5, 5.41) is 18.4. The van der Waals surface area contributed by atoms with Crippen molar-refractivity contribution in [1.82, 2.24) is 10.3 Å².